The van der Waals surface area contributed by atoms with Gasteiger partial charge in [0, 0.05) is 56.6 Å². The number of carbonyl (C=O) groups excluding carboxylic acids is 1. The zero-order valence-corrected chi connectivity index (χ0v) is 23.3. The molecule has 0 aliphatic carbocycles. The zero-order valence-electron chi connectivity index (χ0n) is 23.3. The van der Waals surface area contributed by atoms with E-state index in [1.54, 1.807) is 14.0 Å². The van der Waals surface area contributed by atoms with Crippen molar-refractivity contribution in [2.45, 2.75) is 71.9 Å². The highest BCUT2D eigenvalue weighted by Crippen LogP contribution is 2.31. The Labute approximate surface area is 223 Å². The fourth-order valence-electron chi connectivity index (χ4n) is 5.54. The molecule has 6 heteroatoms. The van der Waals surface area contributed by atoms with Crippen LogP contribution in [0.25, 0.3) is 0 Å². The van der Waals surface area contributed by atoms with Crippen molar-refractivity contribution >= 4 is 17.3 Å². The van der Waals surface area contributed by atoms with Gasteiger partial charge in [0.25, 0.3) is 0 Å². The van der Waals surface area contributed by atoms with Crippen molar-refractivity contribution in [3.8, 4) is 5.75 Å². The van der Waals surface area contributed by atoms with Gasteiger partial charge in [0.1, 0.15) is 5.75 Å². The van der Waals surface area contributed by atoms with Gasteiger partial charge in [-0.1, -0.05) is 45.2 Å². The van der Waals surface area contributed by atoms with E-state index in [1.807, 2.05) is 4.90 Å². The molecule has 0 aromatic heterocycles. The van der Waals surface area contributed by atoms with E-state index in [0.717, 1.165) is 76.8 Å². The minimum Gasteiger partial charge on any atom is -0.496 e. The topological polar surface area (TPSA) is 45.2 Å². The molecule has 6 nitrogen and oxygen atoms in total. The van der Waals surface area contributed by atoms with Gasteiger partial charge in [-0.2, -0.15) is 0 Å². The second kappa shape index (κ2) is 13.3. The molecule has 4 rings (SSSR count). The van der Waals surface area contributed by atoms with Crippen LogP contribution in [0.2, 0.25) is 0 Å². The Morgan fingerprint density at radius 1 is 0.946 bits per heavy atom. The normalized spacial score (nSPS) is 18.2. The maximum atomic E-state index is 12.8. The lowest BCUT2D eigenvalue weighted by molar-refractivity contribution is -0.116. The van der Waals surface area contributed by atoms with Gasteiger partial charge in [0.15, 0.2) is 0 Å². The standard InChI is InChI=1S/C31H45N3O3/c1-24(2)26-10-13-31(36-4)28(20-26)23-32-14-8-6-5-7-9-15-34(25(3)35)30-12-11-29(21-27(30)22-32)33-16-18-37-19-17-33/h10-13,20-21,24H,5-9,14-19,22-23H2,1-4H3. The molecule has 0 saturated carbocycles. The summed E-state index contributed by atoms with van der Waals surface area (Å²) in [6, 6.07) is 13.3. The van der Waals surface area contributed by atoms with Crippen LogP contribution in [0.4, 0.5) is 11.4 Å². The van der Waals surface area contributed by atoms with Crippen LogP contribution in [-0.2, 0) is 22.6 Å². The summed E-state index contributed by atoms with van der Waals surface area (Å²) in [7, 11) is 1.76. The Balaban J connectivity index is 1.70. The molecule has 1 amide bonds. The Bertz CT molecular complexity index is 1030. The van der Waals surface area contributed by atoms with E-state index in [0.29, 0.717) is 5.92 Å². The van der Waals surface area contributed by atoms with Gasteiger partial charge in [-0.15, -0.1) is 0 Å². The van der Waals surface area contributed by atoms with Gasteiger partial charge in [-0.05, 0) is 60.7 Å². The minimum atomic E-state index is 0.121. The SMILES string of the molecule is COc1ccc(C(C)C)cc1CN1CCCCCCCN(C(C)=O)c2ccc(N3CCOCC3)cc2C1. The quantitative estimate of drug-likeness (QED) is 0.499. The summed E-state index contributed by atoms with van der Waals surface area (Å²) in [4.78, 5) is 19.7. The summed E-state index contributed by atoms with van der Waals surface area (Å²) in [6.45, 7) is 12.9. The third kappa shape index (κ3) is 7.26. The summed E-state index contributed by atoms with van der Waals surface area (Å²) in [5, 5.41) is 0. The van der Waals surface area contributed by atoms with E-state index in [4.69, 9.17) is 9.47 Å². The zero-order chi connectivity index (χ0) is 26.2. The minimum absolute atomic E-state index is 0.121. The molecular weight excluding hydrogens is 462 g/mol. The number of rotatable bonds is 5. The molecular formula is C31H45N3O3. The second-order valence-corrected chi connectivity index (χ2v) is 10.8. The van der Waals surface area contributed by atoms with Crippen LogP contribution in [0.1, 0.15) is 75.5 Å². The summed E-state index contributed by atoms with van der Waals surface area (Å²) in [5.41, 5.74) is 6.06. The van der Waals surface area contributed by atoms with E-state index in [1.165, 1.54) is 41.6 Å². The fraction of sp³-hybridized carbons (Fsp3) is 0.581. The van der Waals surface area contributed by atoms with Crippen molar-refractivity contribution in [3.05, 3.63) is 53.1 Å². The lowest BCUT2D eigenvalue weighted by Gasteiger charge is -2.32. The molecule has 1 fully saturated rings. The first-order chi connectivity index (χ1) is 18.0. The highest BCUT2D eigenvalue weighted by Gasteiger charge is 2.21. The molecule has 0 atom stereocenters. The number of anilines is 2. The predicted molar refractivity (Wildman–Crippen MR) is 152 cm³/mol. The average Bonchev–Trinajstić information content (AvgIpc) is 2.89. The van der Waals surface area contributed by atoms with E-state index in [9.17, 15) is 4.79 Å². The fourth-order valence-corrected chi connectivity index (χ4v) is 5.54. The number of carbonyl (C=O) groups is 1. The van der Waals surface area contributed by atoms with E-state index in [2.05, 4.69) is 60.0 Å². The average molecular weight is 508 g/mol. The van der Waals surface area contributed by atoms with Crippen LogP contribution in [-0.4, -0.2) is 57.3 Å². The van der Waals surface area contributed by atoms with Crippen LogP contribution >= 0.6 is 0 Å². The molecule has 2 aromatic rings. The van der Waals surface area contributed by atoms with Crippen molar-refractivity contribution in [2.24, 2.45) is 0 Å². The molecule has 0 N–H and O–H groups in total. The van der Waals surface area contributed by atoms with Gasteiger partial charge in [-0.25, -0.2) is 0 Å². The molecule has 2 aliphatic heterocycles. The Morgan fingerprint density at radius 3 is 2.38 bits per heavy atom. The number of ether oxygens (including phenoxy) is 2. The Kier molecular flexibility index (Phi) is 9.87. The molecule has 0 spiro atoms. The third-order valence-electron chi connectivity index (χ3n) is 7.73. The van der Waals surface area contributed by atoms with Crippen molar-refractivity contribution < 1.29 is 14.3 Å². The first kappa shape index (κ1) is 27.5. The Morgan fingerprint density at radius 2 is 1.68 bits per heavy atom. The molecule has 0 radical (unpaired) electrons. The van der Waals surface area contributed by atoms with Crippen molar-refractivity contribution in [1.82, 2.24) is 4.90 Å². The lowest BCUT2D eigenvalue weighted by Crippen LogP contribution is -2.36. The van der Waals surface area contributed by atoms with E-state index < -0.39 is 0 Å². The first-order valence-electron chi connectivity index (χ1n) is 14.1. The second-order valence-electron chi connectivity index (χ2n) is 10.8. The molecule has 0 unspecified atom stereocenters. The number of morpholine rings is 1. The van der Waals surface area contributed by atoms with E-state index in [-0.39, 0.29) is 5.91 Å². The van der Waals surface area contributed by atoms with Crippen molar-refractivity contribution in [2.75, 3.05) is 56.3 Å². The maximum absolute atomic E-state index is 12.8. The number of benzene rings is 2. The van der Waals surface area contributed by atoms with E-state index >= 15 is 0 Å². The van der Waals surface area contributed by atoms with Gasteiger partial charge < -0.3 is 19.3 Å². The molecule has 2 aliphatic rings. The lowest BCUT2D eigenvalue weighted by atomic mass is 9.99. The van der Waals surface area contributed by atoms with Crippen molar-refractivity contribution in [3.63, 3.8) is 0 Å². The molecule has 1 saturated heterocycles. The van der Waals surface area contributed by atoms with Crippen LogP contribution in [0.15, 0.2) is 36.4 Å². The van der Waals surface area contributed by atoms with Crippen LogP contribution in [0.3, 0.4) is 0 Å². The van der Waals surface area contributed by atoms with Gasteiger partial charge in [0.2, 0.25) is 5.91 Å². The number of methoxy groups -OCH3 is 1. The largest absolute Gasteiger partial charge is 0.496 e. The third-order valence-corrected chi connectivity index (χ3v) is 7.73. The summed E-state index contributed by atoms with van der Waals surface area (Å²) in [6.07, 6.45) is 5.83. The Hall–Kier alpha value is -2.57. The van der Waals surface area contributed by atoms with Gasteiger partial charge >= 0.3 is 0 Å². The number of nitrogens with zero attached hydrogens (tertiary/aromatic N) is 3. The maximum Gasteiger partial charge on any atom is 0.223 e. The molecule has 2 aromatic carbocycles. The monoisotopic (exact) mass is 507 g/mol. The number of amides is 1. The highest BCUT2D eigenvalue weighted by molar-refractivity contribution is 5.92. The molecule has 0 bridgehead atoms. The number of hydrogen-bond donors (Lipinski definition) is 0. The highest BCUT2D eigenvalue weighted by atomic mass is 16.5. The molecule has 2 heterocycles. The van der Waals surface area contributed by atoms with Crippen LogP contribution in [0.5, 0.6) is 5.75 Å². The summed E-state index contributed by atoms with van der Waals surface area (Å²) >= 11 is 0. The number of hydrogen-bond acceptors (Lipinski definition) is 5. The van der Waals surface area contributed by atoms with Crippen LogP contribution in [0, 0.1) is 0 Å². The summed E-state index contributed by atoms with van der Waals surface area (Å²) in [5.74, 6) is 1.54. The summed E-state index contributed by atoms with van der Waals surface area (Å²) < 4.78 is 11.4. The smallest absolute Gasteiger partial charge is 0.223 e. The molecule has 37 heavy (non-hydrogen) atoms. The van der Waals surface area contributed by atoms with Crippen LogP contribution < -0.4 is 14.5 Å². The van der Waals surface area contributed by atoms with Gasteiger partial charge in [-0.3, -0.25) is 9.69 Å². The van der Waals surface area contributed by atoms with Crippen molar-refractivity contribution in [1.29, 1.82) is 0 Å². The molecule has 202 valence electrons. The number of fused-ring (bicyclic) bond motifs is 1. The first-order valence-corrected chi connectivity index (χ1v) is 14.1. The van der Waals surface area contributed by atoms with Gasteiger partial charge in [0.05, 0.1) is 20.3 Å². The predicted octanol–water partition coefficient (Wildman–Crippen LogP) is 5.97.